The summed E-state index contributed by atoms with van der Waals surface area (Å²) in [5, 5.41) is 3.42. The highest BCUT2D eigenvalue weighted by molar-refractivity contribution is 5.97. The minimum absolute atomic E-state index is 0.237. The summed E-state index contributed by atoms with van der Waals surface area (Å²) < 4.78 is 5.92. The quantitative estimate of drug-likeness (QED) is 0.345. The summed E-state index contributed by atoms with van der Waals surface area (Å²) in [7, 11) is 0. The Balaban J connectivity index is 1.32. The molecule has 0 unspecified atom stereocenters. The number of ether oxygens (including phenoxy) is 1. The van der Waals surface area contributed by atoms with Gasteiger partial charge < -0.3 is 10.1 Å². The minimum atomic E-state index is 0.237. The number of aryl methyl sites for hydroxylation is 1. The second-order valence-corrected chi connectivity index (χ2v) is 8.76. The molecule has 1 aromatic heterocycles. The van der Waals surface area contributed by atoms with Gasteiger partial charge in [0.05, 0.1) is 5.69 Å². The van der Waals surface area contributed by atoms with Crippen LogP contribution in [0.4, 0.5) is 11.4 Å². The third-order valence-electron chi connectivity index (χ3n) is 6.24. The molecule has 0 bridgehead atoms. The number of carbonyl (C=O) groups excluding carboxylic acids is 1. The van der Waals surface area contributed by atoms with Crippen LogP contribution in [0.25, 0.3) is 0 Å². The summed E-state index contributed by atoms with van der Waals surface area (Å²) in [6.45, 7) is 2.47. The number of hydrogen-bond donors (Lipinski definition) is 1. The molecule has 0 spiro atoms. The summed E-state index contributed by atoms with van der Waals surface area (Å²) in [5.74, 6) is 1.92. The summed E-state index contributed by atoms with van der Waals surface area (Å²) in [6.07, 6.45) is 10.0. The summed E-state index contributed by atoms with van der Waals surface area (Å²) in [5.41, 5.74) is 4.63. The molecule has 0 aliphatic heterocycles. The van der Waals surface area contributed by atoms with Crippen LogP contribution in [-0.4, -0.2) is 10.8 Å². The van der Waals surface area contributed by atoms with Crippen molar-refractivity contribution in [2.45, 2.75) is 58.5 Å². The Morgan fingerprint density at radius 1 is 1.03 bits per heavy atom. The first-order chi connectivity index (χ1) is 15.7. The predicted molar refractivity (Wildman–Crippen MR) is 130 cm³/mol. The van der Waals surface area contributed by atoms with E-state index in [1.54, 1.807) is 6.20 Å². The molecule has 1 N–H and O–H groups in total. The molecule has 1 heterocycles. The summed E-state index contributed by atoms with van der Waals surface area (Å²) in [6, 6.07) is 19.7. The van der Waals surface area contributed by atoms with Crippen LogP contribution in [0.3, 0.4) is 0 Å². The van der Waals surface area contributed by atoms with Gasteiger partial charge in [0.2, 0.25) is 0 Å². The molecular weight excluding hydrogens is 396 g/mol. The number of aromatic nitrogens is 1. The number of nitrogens with zero attached hydrogens (tertiary/aromatic N) is 1. The molecule has 166 valence electrons. The standard InChI is InChI=1S/C28H32N2O2/c1-21-18-25(15-16-28(21)32-20-26-12-4-5-17-29-26)30-24-13-7-11-23(19-24)27(31)14-6-10-22-8-2-3-9-22/h4-5,7,11-13,15-19,22,30H,2-3,6,8-10,14,20H2,1H3. The van der Waals surface area contributed by atoms with Crippen LogP contribution < -0.4 is 10.1 Å². The zero-order valence-corrected chi connectivity index (χ0v) is 18.8. The van der Waals surface area contributed by atoms with Crippen LogP contribution in [0.2, 0.25) is 0 Å². The zero-order chi connectivity index (χ0) is 22.2. The van der Waals surface area contributed by atoms with Crippen molar-refractivity contribution < 1.29 is 9.53 Å². The maximum absolute atomic E-state index is 12.7. The van der Waals surface area contributed by atoms with E-state index in [0.717, 1.165) is 46.3 Å². The topological polar surface area (TPSA) is 51.2 Å². The van der Waals surface area contributed by atoms with Crippen molar-refractivity contribution in [1.82, 2.24) is 4.98 Å². The molecule has 1 aliphatic carbocycles. The third-order valence-corrected chi connectivity index (χ3v) is 6.24. The molecule has 0 atom stereocenters. The number of anilines is 2. The Morgan fingerprint density at radius 3 is 2.66 bits per heavy atom. The average molecular weight is 429 g/mol. The van der Waals surface area contributed by atoms with Crippen molar-refractivity contribution in [3.8, 4) is 5.75 Å². The lowest BCUT2D eigenvalue weighted by atomic mass is 9.98. The molecule has 0 saturated heterocycles. The van der Waals surface area contributed by atoms with Crippen molar-refractivity contribution in [2.24, 2.45) is 5.92 Å². The lowest BCUT2D eigenvalue weighted by Crippen LogP contribution is -2.02. The van der Waals surface area contributed by atoms with E-state index in [4.69, 9.17) is 4.74 Å². The predicted octanol–water partition coefficient (Wildman–Crippen LogP) is 7.26. The molecular formula is C28H32N2O2. The summed E-state index contributed by atoms with van der Waals surface area (Å²) in [4.78, 5) is 17.0. The first-order valence-corrected chi connectivity index (χ1v) is 11.7. The van der Waals surface area contributed by atoms with Crippen LogP contribution in [0.5, 0.6) is 5.75 Å². The molecule has 1 fully saturated rings. The van der Waals surface area contributed by atoms with Gasteiger partial charge in [0.25, 0.3) is 0 Å². The second kappa shape index (κ2) is 10.9. The molecule has 2 aromatic carbocycles. The number of hydrogen-bond acceptors (Lipinski definition) is 4. The van der Waals surface area contributed by atoms with Crippen molar-refractivity contribution >= 4 is 17.2 Å². The molecule has 0 radical (unpaired) electrons. The first kappa shape index (κ1) is 22.1. The number of ketones is 1. The fourth-order valence-electron chi connectivity index (χ4n) is 4.46. The lowest BCUT2D eigenvalue weighted by molar-refractivity contribution is 0.0977. The Labute approximate surface area is 191 Å². The molecule has 1 saturated carbocycles. The Hall–Kier alpha value is -3.14. The molecule has 4 nitrogen and oxygen atoms in total. The van der Waals surface area contributed by atoms with E-state index in [9.17, 15) is 4.79 Å². The smallest absolute Gasteiger partial charge is 0.162 e. The van der Waals surface area contributed by atoms with E-state index >= 15 is 0 Å². The van der Waals surface area contributed by atoms with Gasteiger partial charge in [0, 0.05) is 29.6 Å². The second-order valence-electron chi connectivity index (χ2n) is 8.76. The van der Waals surface area contributed by atoms with Crippen molar-refractivity contribution in [2.75, 3.05) is 5.32 Å². The van der Waals surface area contributed by atoms with Crippen LogP contribution in [0, 0.1) is 12.8 Å². The monoisotopic (exact) mass is 428 g/mol. The van der Waals surface area contributed by atoms with Crippen LogP contribution in [0.1, 0.15) is 66.6 Å². The number of carbonyl (C=O) groups is 1. The molecule has 4 heteroatoms. The van der Waals surface area contributed by atoms with E-state index in [-0.39, 0.29) is 5.78 Å². The van der Waals surface area contributed by atoms with Crippen molar-refractivity contribution in [3.63, 3.8) is 0 Å². The zero-order valence-electron chi connectivity index (χ0n) is 18.8. The number of Topliss-reactive ketones (excluding diaryl/α,β-unsaturated/α-hetero) is 1. The van der Waals surface area contributed by atoms with Gasteiger partial charge in [0.15, 0.2) is 5.78 Å². The van der Waals surface area contributed by atoms with Gasteiger partial charge >= 0.3 is 0 Å². The average Bonchev–Trinajstić information content (AvgIpc) is 3.33. The molecule has 32 heavy (non-hydrogen) atoms. The molecule has 0 amide bonds. The normalized spacial score (nSPS) is 13.8. The van der Waals surface area contributed by atoms with Gasteiger partial charge in [-0.3, -0.25) is 9.78 Å². The van der Waals surface area contributed by atoms with E-state index in [1.807, 2.05) is 61.5 Å². The first-order valence-electron chi connectivity index (χ1n) is 11.7. The molecule has 3 aromatic rings. The van der Waals surface area contributed by atoms with Gasteiger partial charge in [-0.2, -0.15) is 0 Å². The highest BCUT2D eigenvalue weighted by Crippen LogP contribution is 2.29. The summed E-state index contributed by atoms with van der Waals surface area (Å²) >= 11 is 0. The molecule has 4 rings (SSSR count). The number of benzene rings is 2. The highest BCUT2D eigenvalue weighted by Gasteiger charge is 2.15. The van der Waals surface area contributed by atoms with Gasteiger partial charge in [-0.05, 0) is 67.3 Å². The largest absolute Gasteiger partial charge is 0.487 e. The minimum Gasteiger partial charge on any atom is -0.487 e. The lowest BCUT2D eigenvalue weighted by Gasteiger charge is -2.13. The molecule has 1 aliphatic rings. The van der Waals surface area contributed by atoms with Crippen molar-refractivity contribution in [1.29, 1.82) is 0 Å². The number of nitrogens with one attached hydrogen (secondary N) is 1. The van der Waals surface area contributed by atoms with Gasteiger partial charge in [-0.25, -0.2) is 0 Å². The maximum atomic E-state index is 12.7. The van der Waals surface area contributed by atoms with E-state index in [0.29, 0.717) is 13.0 Å². The fraction of sp³-hybridized carbons (Fsp3) is 0.357. The fourth-order valence-corrected chi connectivity index (χ4v) is 4.46. The van der Waals surface area contributed by atoms with E-state index in [2.05, 4.69) is 16.4 Å². The SMILES string of the molecule is Cc1cc(Nc2cccc(C(=O)CCCC3CCCC3)c2)ccc1OCc1ccccn1. The maximum Gasteiger partial charge on any atom is 0.162 e. The van der Waals surface area contributed by atoms with Crippen molar-refractivity contribution in [3.05, 3.63) is 83.7 Å². The van der Waals surface area contributed by atoms with Crippen LogP contribution in [-0.2, 0) is 6.61 Å². The number of rotatable bonds is 10. The van der Waals surface area contributed by atoms with Gasteiger partial charge in [0.1, 0.15) is 12.4 Å². The van der Waals surface area contributed by atoms with Gasteiger partial charge in [-0.1, -0.05) is 50.3 Å². The van der Waals surface area contributed by atoms with E-state index in [1.165, 1.54) is 32.1 Å². The Kier molecular flexibility index (Phi) is 7.55. The highest BCUT2D eigenvalue weighted by atomic mass is 16.5. The van der Waals surface area contributed by atoms with E-state index < -0.39 is 0 Å². The van der Waals surface area contributed by atoms with Crippen LogP contribution >= 0.6 is 0 Å². The van der Waals surface area contributed by atoms with Crippen LogP contribution in [0.15, 0.2) is 66.9 Å². The Bertz CT molecular complexity index is 1030. The number of pyridine rings is 1. The third kappa shape index (κ3) is 6.19. The Morgan fingerprint density at radius 2 is 1.88 bits per heavy atom. The van der Waals surface area contributed by atoms with Gasteiger partial charge in [-0.15, -0.1) is 0 Å².